The molecular formula is C73H104O11. The van der Waals surface area contributed by atoms with Crippen LogP contribution in [0.4, 0.5) is 0 Å². The predicted molar refractivity (Wildman–Crippen MR) is 339 cm³/mol. The fourth-order valence-electron chi connectivity index (χ4n) is 11.3. The number of rotatable bonds is 15. The summed E-state index contributed by atoms with van der Waals surface area (Å²) in [5.74, 6) is -2.74. The van der Waals surface area contributed by atoms with Crippen molar-refractivity contribution in [3.63, 3.8) is 0 Å². The standard InChI is InChI=1S/C73H104O11/c1-64(2,3)48-31-44(32-49(58(48)77)65(4,5)6)57(45-33-50(66(7,8)9)59(78)51(34-45)67(10,11)12)73(46-35-52(68(13,14)15)60(79)53(36-46)69(16,17)18,47-37-54(70(19,20)21)61(80)55(38-47)71(22,23)24)63(82)84-42-72(39-74,40-75)41-83-62(81)56(76)30-43-28-26-25-27-29-43/h25-29,31-38,56-57,74-80H,30,39-42H2,1-24H3. The topological polar surface area (TPSA) is 194 Å². The van der Waals surface area contributed by atoms with E-state index in [0.717, 1.165) is 0 Å². The number of aliphatic hydroxyl groups excluding tert-OH is 3. The Kier molecular flexibility index (Phi) is 19.5. The molecule has 11 nitrogen and oxygen atoms in total. The number of ether oxygens (including phenoxy) is 2. The van der Waals surface area contributed by atoms with Gasteiger partial charge < -0.3 is 45.2 Å². The molecule has 1 atom stereocenters. The summed E-state index contributed by atoms with van der Waals surface area (Å²) in [5.41, 5.74) is -2.50. The van der Waals surface area contributed by atoms with Crippen LogP contribution in [0.25, 0.3) is 0 Å². The Bertz CT molecular complexity index is 2870. The van der Waals surface area contributed by atoms with Gasteiger partial charge in [-0.2, -0.15) is 0 Å². The van der Waals surface area contributed by atoms with Crippen LogP contribution < -0.4 is 0 Å². The second-order valence-corrected chi connectivity index (χ2v) is 32.2. The Morgan fingerprint density at radius 3 is 0.929 bits per heavy atom. The SMILES string of the molecule is CC(C)(C)c1cc(C(c2cc(C(C)(C)C)c(O)c(C(C)(C)C)c2)C(C(=O)OCC(CO)(CO)COC(=O)C(O)Cc2ccccc2)(c2cc(C(C)(C)C)c(O)c(C(C)(C)C)c2)c2cc(C(C)(C)C)c(O)c(C(C)(C)C)c2)cc(C(C)(C)C)c1O. The first-order valence-electron chi connectivity index (χ1n) is 29.8. The molecule has 11 heteroatoms. The quantitative estimate of drug-likeness (QED) is 0.0493. The maximum absolute atomic E-state index is 17.7. The molecule has 5 rings (SSSR count). The van der Waals surface area contributed by atoms with Crippen LogP contribution in [0.3, 0.4) is 0 Å². The summed E-state index contributed by atoms with van der Waals surface area (Å²) in [5, 5.41) is 84.6. The van der Waals surface area contributed by atoms with Crippen LogP contribution >= 0.6 is 0 Å². The zero-order valence-electron chi connectivity index (χ0n) is 55.5. The van der Waals surface area contributed by atoms with E-state index in [-0.39, 0.29) is 29.4 Å². The van der Waals surface area contributed by atoms with Gasteiger partial charge in [0.05, 0.1) is 18.6 Å². The molecule has 0 spiro atoms. The molecule has 0 saturated heterocycles. The van der Waals surface area contributed by atoms with Crippen LogP contribution in [0.15, 0.2) is 78.9 Å². The highest BCUT2D eigenvalue weighted by Gasteiger charge is 2.55. The van der Waals surface area contributed by atoms with Crippen LogP contribution in [0.5, 0.6) is 23.0 Å². The Morgan fingerprint density at radius 2 is 0.667 bits per heavy atom. The van der Waals surface area contributed by atoms with Gasteiger partial charge in [0, 0.05) is 12.3 Å². The van der Waals surface area contributed by atoms with Crippen molar-refractivity contribution in [2.45, 2.75) is 233 Å². The predicted octanol–water partition coefficient (Wildman–Crippen LogP) is 14.7. The van der Waals surface area contributed by atoms with Crippen LogP contribution in [-0.4, -0.2) is 80.2 Å². The molecule has 84 heavy (non-hydrogen) atoms. The first kappa shape index (κ1) is 68.9. The van der Waals surface area contributed by atoms with Crippen LogP contribution in [0.1, 0.15) is 244 Å². The lowest BCUT2D eigenvalue weighted by atomic mass is 9.58. The maximum Gasteiger partial charge on any atom is 0.335 e. The number of aromatic hydroxyl groups is 4. The third-order valence-corrected chi connectivity index (χ3v) is 16.5. The maximum atomic E-state index is 17.7. The van der Waals surface area contributed by atoms with Crippen LogP contribution in [-0.2, 0) is 74.2 Å². The van der Waals surface area contributed by atoms with E-state index in [0.29, 0.717) is 72.3 Å². The number of carbonyl (C=O) groups excluding carboxylic acids is 2. The third-order valence-electron chi connectivity index (χ3n) is 16.5. The monoisotopic (exact) mass is 1160 g/mol. The van der Waals surface area contributed by atoms with Crippen LogP contribution in [0, 0.1) is 5.41 Å². The summed E-state index contributed by atoms with van der Waals surface area (Å²) >= 11 is 0. The molecule has 0 aromatic heterocycles. The van der Waals surface area contributed by atoms with Gasteiger partial charge in [-0.3, -0.25) is 4.79 Å². The Labute approximate surface area is 503 Å². The number of carbonyl (C=O) groups is 2. The summed E-state index contributed by atoms with van der Waals surface area (Å²) in [7, 11) is 0. The Hall–Kier alpha value is -5.88. The number of hydrogen-bond acceptors (Lipinski definition) is 11. The van der Waals surface area contributed by atoms with Crippen molar-refractivity contribution in [2.75, 3.05) is 26.4 Å². The highest BCUT2D eigenvalue weighted by molar-refractivity contribution is 5.92. The molecule has 0 aliphatic carbocycles. The largest absolute Gasteiger partial charge is 0.507 e. The average molecular weight is 1160 g/mol. The van der Waals surface area contributed by atoms with Crippen molar-refractivity contribution < 1.29 is 54.8 Å². The molecule has 0 saturated carbocycles. The Morgan fingerprint density at radius 1 is 0.405 bits per heavy atom. The fraction of sp³-hybridized carbons (Fsp3) is 0.562. The number of aliphatic hydroxyl groups is 3. The highest BCUT2D eigenvalue weighted by atomic mass is 16.6. The van der Waals surface area contributed by atoms with E-state index in [2.05, 4.69) is 0 Å². The lowest BCUT2D eigenvalue weighted by Crippen LogP contribution is -2.49. The summed E-state index contributed by atoms with van der Waals surface area (Å²) in [6.45, 7) is 45.3. The van der Waals surface area contributed by atoms with E-state index in [4.69, 9.17) is 9.47 Å². The lowest BCUT2D eigenvalue weighted by Gasteiger charge is -2.45. The van der Waals surface area contributed by atoms with Gasteiger partial charge in [0.25, 0.3) is 0 Å². The van der Waals surface area contributed by atoms with Gasteiger partial charge in [0.2, 0.25) is 0 Å². The summed E-state index contributed by atoms with van der Waals surface area (Å²) < 4.78 is 12.7. The van der Waals surface area contributed by atoms with Crippen molar-refractivity contribution in [2.24, 2.45) is 5.41 Å². The number of phenols is 4. The van der Waals surface area contributed by atoms with Gasteiger partial charge in [0.15, 0.2) is 6.10 Å². The number of benzene rings is 5. The molecule has 0 aliphatic rings. The van der Waals surface area contributed by atoms with Gasteiger partial charge in [-0.1, -0.05) is 245 Å². The van der Waals surface area contributed by atoms with Gasteiger partial charge in [-0.05, 0) is 116 Å². The average Bonchev–Trinajstić information content (AvgIpc) is 1.23. The van der Waals surface area contributed by atoms with Gasteiger partial charge in [-0.15, -0.1) is 0 Å². The van der Waals surface area contributed by atoms with Gasteiger partial charge in [0.1, 0.15) is 41.6 Å². The number of esters is 2. The number of phenolic OH excluding ortho intramolecular Hbond substituents is 4. The van der Waals surface area contributed by atoms with E-state index in [1.54, 1.807) is 24.3 Å². The minimum Gasteiger partial charge on any atom is -0.507 e. The van der Waals surface area contributed by atoms with Gasteiger partial charge in [-0.25, -0.2) is 4.79 Å². The molecule has 5 aromatic carbocycles. The van der Waals surface area contributed by atoms with E-state index >= 15 is 4.79 Å². The van der Waals surface area contributed by atoms with Crippen molar-refractivity contribution in [3.05, 3.63) is 151 Å². The molecular weight excluding hydrogens is 1050 g/mol. The molecule has 0 bridgehead atoms. The van der Waals surface area contributed by atoms with Crippen molar-refractivity contribution in [3.8, 4) is 23.0 Å². The molecule has 0 radical (unpaired) electrons. The lowest BCUT2D eigenvalue weighted by molar-refractivity contribution is -0.167. The zero-order chi connectivity index (χ0) is 64.3. The van der Waals surface area contributed by atoms with E-state index in [1.807, 2.05) is 221 Å². The number of hydrogen-bond donors (Lipinski definition) is 7. The molecule has 5 aromatic rings. The Balaban J connectivity index is 2.23. The third kappa shape index (κ3) is 14.5. The fourth-order valence-corrected chi connectivity index (χ4v) is 11.3. The second kappa shape index (κ2) is 23.8. The first-order valence-corrected chi connectivity index (χ1v) is 29.8. The second-order valence-electron chi connectivity index (χ2n) is 32.2. The highest BCUT2D eigenvalue weighted by Crippen LogP contribution is 2.58. The molecule has 0 amide bonds. The van der Waals surface area contributed by atoms with Gasteiger partial charge >= 0.3 is 11.9 Å². The smallest absolute Gasteiger partial charge is 0.335 e. The molecule has 0 fully saturated rings. The molecule has 462 valence electrons. The van der Waals surface area contributed by atoms with Crippen molar-refractivity contribution in [1.82, 2.24) is 0 Å². The normalized spacial score (nSPS) is 14.0. The summed E-state index contributed by atoms with van der Waals surface area (Å²) in [6, 6.07) is 24.3. The van der Waals surface area contributed by atoms with Crippen molar-refractivity contribution in [1.29, 1.82) is 0 Å². The van der Waals surface area contributed by atoms with Crippen molar-refractivity contribution >= 4 is 11.9 Å². The zero-order valence-corrected chi connectivity index (χ0v) is 55.5. The molecule has 0 aliphatic heterocycles. The molecule has 1 unspecified atom stereocenters. The minimum absolute atomic E-state index is 0.0502. The van der Waals surface area contributed by atoms with E-state index in [1.165, 1.54) is 0 Å². The summed E-state index contributed by atoms with van der Waals surface area (Å²) in [6.07, 6.45) is -1.65. The first-order chi connectivity index (χ1) is 38.0. The minimum atomic E-state index is -2.14. The van der Waals surface area contributed by atoms with E-state index in [9.17, 15) is 40.5 Å². The van der Waals surface area contributed by atoms with Crippen LogP contribution in [0.2, 0.25) is 0 Å². The van der Waals surface area contributed by atoms with E-state index < -0.39 is 105 Å². The molecule has 7 N–H and O–H groups in total. The summed E-state index contributed by atoms with van der Waals surface area (Å²) in [4.78, 5) is 31.3. The molecule has 0 heterocycles.